The first kappa shape index (κ1) is 21.8. The van der Waals surface area contributed by atoms with Crippen molar-refractivity contribution in [2.75, 3.05) is 5.75 Å². The van der Waals surface area contributed by atoms with Crippen molar-refractivity contribution in [1.29, 1.82) is 0 Å². The van der Waals surface area contributed by atoms with Crippen LogP contribution in [0.15, 0.2) is 47.4 Å². The number of aliphatic hydroxyl groups excluding tert-OH is 1. The van der Waals surface area contributed by atoms with Crippen LogP contribution in [0.2, 0.25) is 0 Å². The van der Waals surface area contributed by atoms with Gasteiger partial charge in [-0.25, -0.2) is 0 Å². The Morgan fingerprint density at radius 2 is 1.33 bits per heavy atom. The monoisotopic (exact) mass is 386 g/mol. The molecule has 0 bridgehead atoms. The first-order valence-corrected chi connectivity index (χ1v) is 11.3. The summed E-state index contributed by atoms with van der Waals surface area (Å²) in [6, 6.07) is 14.1. The Kier molecular flexibility index (Phi) is 7.81. The third-order valence-corrected chi connectivity index (χ3v) is 6.60. The van der Waals surface area contributed by atoms with Crippen LogP contribution in [-0.2, 0) is 10.8 Å². The van der Waals surface area contributed by atoms with E-state index in [4.69, 9.17) is 0 Å². The van der Waals surface area contributed by atoms with E-state index in [1.807, 2.05) is 30.3 Å². The fraction of sp³-hybridized carbons (Fsp3) is 0.500. The van der Waals surface area contributed by atoms with Gasteiger partial charge in [-0.1, -0.05) is 84.0 Å². The highest BCUT2D eigenvalue weighted by atomic mass is 32.2. The lowest BCUT2D eigenvalue weighted by Gasteiger charge is -2.22. The van der Waals surface area contributed by atoms with Gasteiger partial charge in [0.05, 0.1) is 16.9 Å². The van der Waals surface area contributed by atoms with Crippen molar-refractivity contribution in [3.05, 3.63) is 64.7 Å². The van der Waals surface area contributed by atoms with Crippen molar-refractivity contribution in [2.24, 2.45) is 0 Å². The smallest absolute Gasteiger partial charge is 0.0799 e. The van der Waals surface area contributed by atoms with E-state index >= 15 is 0 Å². The zero-order valence-corrected chi connectivity index (χ0v) is 18.3. The maximum absolute atomic E-state index is 13.3. The average Bonchev–Trinajstić information content (AvgIpc) is 2.65. The lowest BCUT2D eigenvalue weighted by atomic mass is 9.89. The molecule has 27 heavy (non-hydrogen) atoms. The molecule has 3 heteroatoms. The van der Waals surface area contributed by atoms with Gasteiger partial charge in [-0.3, -0.25) is 4.21 Å². The third kappa shape index (κ3) is 5.52. The van der Waals surface area contributed by atoms with Crippen molar-refractivity contribution in [2.45, 2.75) is 76.7 Å². The van der Waals surface area contributed by atoms with Crippen molar-refractivity contribution in [3.63, 3.8) is 0 Å². The second kappa shape index (κ2) is 9.66. The molecule has 0 amide bonds. The molecule has 2 atom stereocenters. The molecule has 0 aliphatic rings. The molecule has 2 unspecified atom stereocenters. The molecular formula is C24H34O2S. The first-order valence-electron chi connectivity index (χ1n) is 10.0. The van der Waals surface area contributed by atoms with Crippen molar-refractivity contribution in [3.8, 4) is 0 Å². The molecule has 1 N–H and O–H groups in total. The lowest BCUT2D eigenvalue weighted by molar-refractivity contribution is 0.174. The maximum atomic E-state index is 13.3. The molecule has 0 spiro atoms. The largest absolute Gasteiger partial charge is 0.388 e. The van der Waals surface area contributed by atoms with Crippen LogP contribution in [0.5, 0.6) is 0 Å². The van der Waals surface area contributed by atoms with E-state index in [2.05, 4.69) is 53.7 Å². The van der Waals surface area contributed by atoms with Gasteiger partial charge in [-0.05, 0) is 46.4 Å². The summed E-state index contributed by atoms with van der Waals surface area (Å²) in [5.74, 6) is 1.55. The molecule has 2 rings (SSSR count). The molecule has 0 aliphatic heterocycles. The van der Waals surface area contributed by atoms with Crippen LogP contribution in [-0.4, -0.2) is 15.1 Å². The number of hydrogen-bond donors (Lipinski definition) is 1. The van der Waals surface area contributed by atoms with Crippen LogP contribution in [0.25, 0.3) is 0 Å². The van der Waals surface area contributed by atoms with Crippen LogP contribution < -0.4 is 0 Å². The fourth-order valence-corrected chi connectivity index (χ4v) is 5.07. The Morgan fingerprint density at radius 1 is 0.815 bits per heavy atom. The van der Waals surface area contributed by atoms with E-state index < -0.39 is 16.9 Å². The molecule has 0 saturated carbocycles. The summed E-state index contributed by atoms with van der Waals surface area (Å²) in [5.41, 5.74) is 4.58. The van der Waals surface area contributed by atoms with Gasteiger partial charge >= 0.3 is 0 Å². The quantitative estimate of drug-likeness (QED) is 0.579. The SMILES string of the molecule is CC(C)c1cc(C(C)C)c(S(=O)CCC(O)c2ccccc2)c(C(C)C)c1. The predicted molar refractivity (Wildman–Crippen MR) is 116 cm³/mol. The molecule has 0 aromatic heterocycles. The van der Waals surface area contributed by atoms with E-state index in [9.17, 15) is 9.32 Å². The highest BCUT2D eigenvalue weighted by molar-refractivity contribution is 7.85. The van der Waals surface area contributed by atoms with Gasteiger partial charge in [-0.2, -0.15) is 0 Å². The Balaban J connectivity index is 2.33. The minimum atomic E-state index is -1.12. The van der Waals surface area contributed by atoms with Gasteiger partial charge in [0.1, 0.15) is 0 Å². The van der Waals surface area contributed by atoms with Gasteiger partial charge in [-0.15, -0.1) is 0 Å². The van der Waals surface area contributed by atoms with E-state index in [-0.39, 0.29) is 0 Å². The van der Waals surface area contributed by atoms with E-state index in [1.165, 1.54) is 16.7 Å². The van der Waals surface area contributed by atoms with E-state index in [0.29, 0.717) is 29.9 Å². The van der Waals surface area contributed by atoms with Gasteiger partial charge in [0.2, 0.25) is 0 Å². The molecule has 0 aliphatic carbocycles. The normalized spacial score (nSPS) is 14.1. The summed E-state index contributed by atoms with van der Waals surface area (Å²) in [6.45, 7) is 13.1. The lowest BCUT2D eigenvalue weighted by Crippen LogP contribution is -2.12. The molecule has 0 heterocycles. The minimum Gasteiger partial charge on any atom is -0.388 e. The minimum absolute atomic E-state index is 0.319. The Hall–Kier alpha value is -1.45. The fourth-order valence-electron chi connectivity index (χ4n) is 3.32. The zero-order valence-electron chi connectivity index (χ0n) is 17.5. The summed E-state index contributed by atoms with van der Waals surface area (Å²) < 4.78 is 13.3. The van der Waals surface area contributed by atoms with Gasteiger partial charge in [0, 0.05) is 10.6 Å². The van der Waals surface area contributed by atoms with Crippen LogP contribution >= 0.6 is 0 Å². The number of rotatable bonds is 8. The Labute approximate surface area is 167 Å². The van der Waals surface area contributed by atoms with Gasteiger partial charge in [0.15, 0.2) is 0 Å². The Bertz CT molecular complexity index is 734. The van der Waals surface area contributed by atoms with Crippen molar-refractivity contribution >= 4 is 10.8 Å². The highest BCUT2D eigenvalue weighted by Crippen LogP contribution is 2.35. The van der Waals surface area contributed by atoms with Gasteiger partial charge in [0.25, 0.3) is 0 Å². The van der Waals surface area contributed by atoms with Crippen LogP contribution in [0.3, 0.4) is 0 Å². The number of hydrogen-bond acceptors (Lipinski definition) is 2. The van der Waals surface area contributed by atoms with Crippen LogP contribution in [0.4, 0.5) is 0 Å². The van der Waals surface area contributed by atoms with Gasteiger partial charge < -0.3 is 5.11 Å². The number of benzene rings is 2. The molecule has 2 aromatic rings. The second-order valence-corrected chi connectivity index (χ2v) is 9.76. The summed E-state index contributed by atoms with van der Waals surface area (Å²) in [4.78, 5) is 0.990. The third-order valence-electron chi connectivity index (χ3n) is 5.07. The summed E-state index contributed by atoms with van der Waals surface area (Å²) >= 11 is 0. The standard InChI is InChI=1S/C24H34O2S/c1-16(2)20-14-21(17(3)4)24(22(15-20)18(5)6)27(26)13-12-23(25)19-10-8-7-9-11-19/h7-11,14-18,23,25H,12-13H2,1-6H3. The van der Waals surface area contributed by atoms with Crippen LogP contribution in [0.1, 0.15) is 94.1 Å². The summed E-state index contributed by atoms with van der Waals surface area (Å²) in [6.07, 6.45) is -0.0763. The Morgan fingerprint density at radius 3 is 1.78 bits per heavy atom. The molecule has 2 nitrogen and oxygen atoms in total. The zero-order chi connectivity index (χ0) is 20.1. The van der Waals surface area contributed by atoms with Crippen molar-refractivity contribution < 1.29 is 9.32 Å². The van der Waals surface area contributed by atoms with Crippen molar-refractivity contribution in [1.82, 2.24) is 0 Å². The second-order valence-electron chi connectivity index (χ2n) is 8.26. The first-order chi connectivity index (χ1) is 12.7. The van der Waals surface area contributed by atoms with E-state index in [1.54, 1.807) is 0 Å². The molecule has 0 radical (unpaired) electrons. The number of aliphatic hydroxyl groups is 1. The molecule has 0 fully saturated rings. The average molecular weight is 387 g/mol. The molecular weight excluding hydrogens is 352 g/mol. The summed E-state index contributed by atoms with van der Waals surface area (Å²) in [7, 11) is -1.12. The predicted octanol–water partition coefficient (Wildman–Crippen LogP) is 6.29. The summed E-state index contributed by atoms with van der Waals surface area (Å²) in [5, 5.41) is 10.5. The topological polar surface area (TPSA) is 37.3 Å². The van der Waals surface area contributed by atoms with E-state index in [0.717, 1.165) is 10.5 Å². The van der Waals surface area contributed by atoms with Crippen LogP contribution in [0, 0.1) is 0 Å². The highest BCUT2D eigenvalue weighted by Gasteiger charge is 2.22. The maximum Gasteiger partial charge on any atom is 0.0799 e. The molecule has 2 aromatic carbocycles. The molecule has 0 saturated heterocycles. The molecule has 148 valence electrons.